The van der Waals surface area contributed by atoms with E-state index in [9.17, 15) is 0 Å². The Kier molecular flexibility index (Phi) is 1.65. The average Bonchev–Trinajstić information content (AvgIpc) is 2.43. The van der Waals surface area contributed by atoms with E-state index < -0.39 is 0 Å². The molecule has 1 aliphatic heterocycles. The van der Waals surface area contributed by atoms with Gasteiger partial charge in [0.2, 0.25) is 0 Å². The molecule has 0 atom stereocenters. The number of nitrogens with zero attached hydrogens (tertiary/aromatic N) is 2. The first-order valence-corrected chi connectivity index (χ1v) is 4.50. The molecule has 2 heterocycles. The van der Waals surface area contributed by atoms with Crippen LogP contribution in [0, 0.1) is 5.41 Å². The second kappa shape index (κ2) is 2.59. The zero-order valence-corrected chi connectivity index (χ0v) is 8.28. The summed E-state index contributed by atoms with van der Waals surface area (Å²) in [6.45, 7) is 6.49. The number of imidazole rings is 1. The van der Waals surface area contributed by atoms with Crippen LogP contribution < -0.4 is 0 Å². The van der Waals surface area contributed by atoms with E-state index in [2.05, 4.69) is 48.7 Å². The van der Waals surface area contributed by atoms with Gasteiger partial charge in [-0.15, -0.1) is 0 Å². The highest BCUT2D eigenvalue weighted by atomic mass is 15.0. The van der Waals surface area contributed by atoms with Gasteiger partial charge in [-0.1, -0.05) is 26.0 Å². The fourth-order valence-electron chi connectivity index (χ4n) is 1.68. The van der Waals surface area contributed by atoms with Crippen LogP contribution in [0.25, 0.3) is 11.8 Å². The van der Waals surface area contributed by atoms with Crippen LogP contribution in [0.3, 0.4) is 0 Å². The highest BCUT2D eigenvalue weighted by Crippen LogP contribution is 2.28. The third kappa shape index (κ3) is 1.44. The molecule has 0 N–H and O–H groups in total. The number of fused-ring (bicyclic) bond motifs is 1. The molecule has 1 aromatic rings. The van der Waals surface area contributed by atoms with Crippen LogP contribution >= 0.6 is 0 Å². The Hall–Kier alpha value is -1.31. The summed E-state index contributed by atoms with van der Waals surface area (Å²) in [6, 6.07) is 0. The van der Waals surface area contributed by atoms with Crippen LogP contribution in [0.2, 0.25) is 0 Å². The largest absolute Gasteiger partial charge is 0.307 e. The molecule has 1 aromatic heterocycles. The molecule has 0 fully saturated rings. The second-order valence-corrected chi connectivity index (χ2v) is 4.12. The van der Waals surface area contributed by atoms with E-state index in [1.54, 1.807) is 0 Å². The van der Waals surface area contributed by atoms with Crippen molar-refractivity contribution in [3.8, 4) is 0 Å². The van der Waals surface area contributed by atoms with E-state index in [0.717, 1.165) is 5.82 Å². The molecule has 1 aliphatic rings. The van der Waals surface area contributed by atoms with Gasteiger partial charge in [0.05, 0.1) is 0 Å². The molecule has 0 saturated heterocycles. The molecule has 0 radical (unpaired) electrons. The van der Waals surface area contributed by atoms with E-state index in [1.807, 2.05) is 12.4 Å². The lowest BCUT2D eigenvalue weighted by atomic mass is 9.91. The summed E-state index contributed by atoms with van der Waals surface area (Å²) >= 11 is 0. The molecule has 68 valence electrons. The van der Waals surface area contributed by atoms with Crippen LogP contribution in [-0.2, 0) is 0 Å². The summed E-state index contributed by atoms with van der Waals surface area (Å²) < 4.78 is 2.06. The minimum absolute atomic E-state index is 0.130. The fraction of sp³-hybridized carbons (Fsp3) is 0.364. The molecule has 0 aromatic carbocycles. The number of allylic oxidation sites excluding steroid dienone is 3. The summed E-state index contributed by atoms with van der Waals surface area (Å²) in [4.78, 5) is 4.31. The van der Waals surface area contributed by atoms with Crippen LogP contribution in [0.15, 0.2) is 24.5 Å². The van der Waals surface area contributed by atoms with Gasteiger partial charge in [0.1, 0.15) is 5.82 Å². The van der Waals surface area contributed by atoms with E-state index in [4.69, 9.17) is 0 Å². The molecule has 2 nitrogen and oxygen atoms in total. The summed E-state index contributed by atoms with van der Waals surface area (Å²) in [6.07, 6.45) is 10.3. The first kappa shape index (κ1) is 8.30. The Balaban J connectivity index is 2.58. The SMILES string of the molecule is CC1=CC(C)(C)C=Cn2ccnc21. The Labute approximate surface area is 78.6 Å². The van der Waals surface area contributed by atoms with Gasteiger partial charge in [0, 0.05) is 24.0 Å². The normalized spacial score (nSPS) is 19.2. The van der Waals surface area contributed by atoms with Crippen molar-refractivity contribution in [3.05, 3.63) is 30.4 Å². The van der Waals surface area contributed by atoms with Crippen LogP contribution in [-0.4, -0.2) is 9.55 Å². The van der Waals surface area contributed by atoms with Crippen LogP contribution in [0.1, 0.15) is 26.6 Å². The first-order chi connectivity index (χ1) is 6.08. The topological polar surface area (TPSA) is 17.8 Å². The minimum Gasteiger partial charge on any atom is -0.307 e. The average molecular weight is 174 g/mol. The molecule has 0 spiro atoms. The summed E-state index contributed by atoms with van der Waals surface area (Å²) in [5, 5.41) is 0. The molecule has 0 unspecified atom stereocenters. The summed E-state index contributed by atoms with van der Waals surface area (Å²) in [5.74, 6) is 1.04. The van der Waals surface area contributed by atoms with Gasteiger partial charge >= 0.3 is 0 Å². The minimum atomic E-state index is 0.130. The van der Waals surface area contributed by atoms with E-state index >= 15 is 0 Å². The molecular weight excluding hydrogens is 160 g/mol. The quantitative estimate of drug-likeness (QED) is 0.591. The van der Waals surface area contributed by atoms with E-state index in [1.165, 1.54) is 5.57 Å². The number of aromatic nitrogens is 2. The van der Waals surface area contributed by atoms with Crippen LogP contribution in [0.5, 0.6) is 0 Å². The Morgan fingerprint density at radius 1 is 1.38 bits per heavy atom. The lowest BCUT2D eigenvalue weighted by molar-refractivity contribution is 0.631. The Morgan fingerprint density at radius 2 is 2.15 bits per heavy atom. The molecule has 2 rings (SSSR count). The molecule has 0 aliphatic carbocycles. The third-order valence-electron chi connectivity index (χ3n) is 2.27. The van der Waals surface area contributed by atoms with Gasteiger partial charge in [-0.2, -0.15) is 0 Å². The van der Waals surface area contributed by atoms with Crippen molar-refractivity contribution >= 4 is 11.8 Å². The van der Waals surface area contributed by atoms with Crippen molar-refractivity contribution in [2.24, 2.45) is 5.41 Å². The number of rotatable bonds is 0. The first-order valence-electron chi connectivity index (χ1n) is 4.50. The molecule has 2 heteroatoms. The monoisotopic (exact) mass is 174 g/mol. The van der Waals surface area contributed by atoms with Crippen molar-refractivity contribution in [3.63, 3.8) is 0 Å². The third-order valence-corrected chi connectivity index (χ3v) is 2.27. The lowest BCUT2D eigenvalue weighted by Gasteiger charge is -2.13. The number of hydrogen-bond acceptors (Lipinski definition) is 1. The van der Waals surface area contributed by atoms with E-state index in [0.29, 0.717) is 0 Å². The molecule has 0 amide bonds. The predicted octanol–water partition coefficient (Wildman–Crippen LogP) is 2.80. The van der Waals surface area contributed by atoms with Crippen molar-refractivity contribution in [2.45, 2.75) is 20.8 Å². The van der Waals surface area contributed by atoms with Crippen molar-refractivity contribution in [1.82, 2.24) is 9.55 Å². The highest BCUT2D eigenvalue weighted by molar-refractivity contribution is 5.63. The summed E-state index contributed by atoms with van der Waals surface area (Å²) in [7, 11) is 0. The van der Waals surface area contributed by atoms with Crippen molar-refractivity contribution in [1.29, 1.82) is 0 Å². The van der Waals surface area contributed by atoms with Gasteiger partial charge in [0.25, 0.3) is 0 Å². The fourth-order valence-corrected chi connectivity index (χ4v) is 1.68. The maximum absolute atomic E-state index is 4.31. The van der Waals surface area contributed by atoms with Gasteiger partial charge in [-0.25, -0.2) is 4.98 Å². The molecular formula is C11H14N2. The maximum atomic E-state index is 4.31. The van der Waals surface area contributed by atoms with Crippen molar-refractivity contribution < 1.29 is 0 Å². The maximum Gasteiger partial charge on any atom is 0.139 e. The smallest absolute Gasteiger partial charge is 0.139 e. The van der Waals surface area contributed by atoms with Gasteiger partial charge in [0.15, 0.2) is 0 Å². The zero-order valence-electron chi connectivity index (χ0n) is 8.28. The second-order valence-electron chi connectivity index (χ2n) is 4.12. The number of hydrogen-bond donors (Lipinski definition) is 0. The van der Waals surface area contributed by atoms with Gasteiger partial charge < -0.3 is 4.57 Å². The highest BCUT2D eigenvalue weighted by Gasteiger charge is 2.16. The zero-order chi connectivity index (χ0) is 9.47. The molecule has 13 heavy (non-hydrogen) atoms. The standard InChI is InChI=1S/C11H14N2/c1-9-8-11(2,3)4-6-13-7-5-12-10(9)13/h4-8H,1-3H3. The van der Waals surface area contributed by atoms with Gasteiger partial charge in [-0.05, 0) is 12.5 Å². The van der Waals surface area contributed by atoms with Crippen molar-refractivity contribution in [2.75, 3.05) is 0 Å². The van der Waals surface area contributed by atoms with Crippen LogP contribution in [0.4, 0.5) is 0 Å². The predicted molar refractivity (Wildman–Crippen MR) is 55.0 cm³/mol. The lowest BCUT2D eigenvalue weighted by Crippen LogP contribution is -2.01. The summed E-state index contributed by atoms with van der Waals surface area (Å²) in [5.41, 5.74) is 1.37. The van der Waals surface area contributed by atoms with E-state index in [-0.39, 0.29) is 5.41 Å². The Bertz CT molecular complexity index is 381. The Morgan fingerprint density at radius 3 is 2.92 bits per heavy atom. The molecule has 0 saturated carbocycles. The van der Waals surface area contributed by atoms with Gasteiger partial charge in [-0.3, -0.25) is 0 Å². The molecule has 0 bridgehead atoms.